The normalized spacial score (nSPS) is 38.2. The van der Waals surface area contributed by atoms with Crippen LogP contribution in [0.15, 0.2) is 53.6 Å². The molecular weight excluding hydrogens is 807 g/mol. The van der Waals surface area contributed by atoms with E-state index in [9.17, 15) is 29.4 Å². The van der Waals surface area contributed by atoms with Crippen LogP contribution in [0, 0.1) is 29.6 Å². The van der Waals surface area contributed by atoms with Crippen molar-refractivity contribution in [3.63, 3.8) is 0 Å². The third-order valence-electron chi connectivity index (χ3n) is 14.2. The van der Waals surface area contributed by atoms with Gasteiger partial charge in [0.2, 0.25) is 5.79 Å². The Kier molecular flexibility index (Phi) is 18.7. The number of aliphatic hydroxyl groups excluding tert-OH is 1. The molecule has 1 aromatic carbocycles. The molecule has 2 N–H and O–H groups in total. The first-order valence-electron chi connectivity index (χ1n) is 23.3. The molecule has 1 saturated carbocycles. The Labute approximate surface area is 375 Å². The van der Waals surface area contributed by atoms with Crippen molar-refractivity contribution >= 4 is 23.4 Å². The molecule has 13 nitrogen and oxygen atoms in total. The number of ether oxygens (including phenoxy) is 6. The molecule has 0 unspecified atom stereocenters. The molecule has 352 valence electrons. The lowest BCUT2D eigenvalue weighted by Crippen LogP contribution is -2.64. The number of allylic oxidation sites excluding steroid dienone is 3. The van der Waals surface area contributed by atoms with Gasteiger partial charge in [-0.2, -0.15) is 0 Å². The summed E-state index contributed by atoms with van der Waals surface area (Å²) in [5.41, 5.74) is 2.79. The number of methoxy groups -OCH3 is 3. The van der Waals surface area contributed by atoms with Crippen molar-refractivity contribution in [3.05, 3.63) is 59.2 Å². The number of esters is 1. The number of amides is 1. The van der Waals surface area contributed by atoms with E-state index in [4.69, 9.17) is 28.4 Å². The zero-order chi connectivity index (χ0) is 46.0. The molecule has 0 aromatic heterocycles. The molecule has 1 aromatic rings. The summed E-state index contributed by atoms with van der Waals surface area (Å²) in [6, 6.07) is 8.88. The minimum Gasteiger partial charge on any atom is -0.456 e. The zero-order valence-electron chi connectivity index (χ0n) is 39.2. The lowest BCUT2D eigenvalue weighted by atomic mass is 9.81. The number of hydrogen-bond acceptors (Lipinski definition) is 12. The van der Waals surface area contributed by atoms with Crippen molar-refractivity contribution in [2.75, 3.05) is 27.9 Å². The lowest BCUT2D eigenvalue weighted by molar-refractivity contribution is -0.302. The average Bonchev–Trinajstić information content (AvgIpc) is 3.28. The Hall–Kier alpha value is -3.30. The number of fused-ring (bicyclic) bond motifs is 3. The van der Waals surface area contributed by atoms with Crippen LogP contribution in [0.3, 0.4) is 0 Å². The first kappa shape index (κ1) is 50.7. The van der Waals surface area contributed by atoms with E-state index in [-0.39, 0.29) is 55.6 Å². The molecule has 4 aliphatic rings. The van der Waals surface area contributed by atoms with Crippen LogP contribution in [0.4, 0.5) is 0 Å². The van der Waals surface area contributed by atoms with Crippen molar-refractivity contribution in [1.29, 1.82) is 0 Å². The van der Waals surface area contributed by atoms with Crippen LogP contribution in [-0.4, -0.2) is 121 Å². The predicted molar refractivity (Wildman–Crippen MR) is 237 cm³/mol. The van der Waals surface area contributed by atoms with E-state index in [2.05, 4.69) is 13.0 Å². The molecule has 13 heteroatoms. The summed E-state index contributed by atoms with van der Waals surface area (Å²) < 4.78 is 36.7. The summed E-state index contributed by atoms with van der Waals surface area (Å²) in [4.78, 5) is 58.3. The van der Waals surface area contributed by atoms with Crippen molar-refractivity contribution < 1.29 is 57.8 Å². The Morgan fingerprint density at radius 2 is 1.57 bits per heavy atom. The first-order valence-corrected chi connectivity index (χ1v) is 23.3. The molecule has 1 aliphatic carbocycles. The maximum absolute atomic E-state index is 14.5. The molecule has 1 amide bonds. The van der Waals surface area contributed by atoms with Gasteiger partial charge in [0, 0.05) is 52.0 Å². The van der Waals surface area contributed by atoms with Crippen LogP contribution in [0.1, 0.15) is 118 Å². The van der Waals surface area contributed by atoms with E-state index >= 15 is 0 Å². The number of nitrogens with zero attached hydrogens (tertiary/aromatic N) is 1. The maximum Gasteiger partial charge on any atom is 0.329 e. The summed E-state index contributed by atoms with van der Waals surface area (Å²) in [6.45, 7) is 11.9. The molecule has 5 rings (SSSR count). The van der Waals surface area contributed by atoms with E-state index in [1.54, 1.807) is 28.1 Å². The summed E-state index contributed by atoms with van der Waals surface area (Å²) in [7, 11) is 4.76. The van der Waals surface area contributed by atoms with E-state index in [0.29, 0.717) is 50.7 Å². The van der Waals surface area contributed by atoms with Gasteiger partial charge in [0.1, 0.15) is 24.0 Å². The molecule has 3 heterocycles. The smallest absolute Gasteiger partial charge is 0.329 e. The van der Waals surface area contributed by atoms with Gasteiger partial charge in [-0.3, -0.25) is 14.4 Å². The van der Waals surface area contributed by atoms with Gasteiger partial charge in [-0.1, -0.05) is 75.8 Å². The number of hydrogen-bond donors (Lipinski definition) is 2. The fourth-order valence-corrected chi connectivity index (χ4v) is 10.3. The van der Waals surface area contributed by atoms with E-state index in [0.717, 1.165) is 24.0 Å². The number of carbonyl (C=O) groups is 4. The third kappa shape index (κ3) is 12.5. The molecule has 3 fully saturated rings. The Morgan fingerprint density at radius 3 is 2.24 bits per heavy atom. The van der Waals surface area contributed by atoms with E-state index in [1.165, 1.54) is 12.0 Å². The maximum atomic E-state index is 14.5. The molecule has 63 heavy (non-hydrogen) atoms. The fraction of sp³-hybridized carbons (Fsp3) is 0.720. The summed E-state index contributed by atoms with van der Waals surface area (Å²) in [6.07, 6.45) is 4.96. The van der Waals surface area contributed by atoms with Crippen LogP contribution in [0.5, 0.6) is 0 Å². The number of benzene rings is 1. The van der Waals surface area contributed by atoms with Crippen LogP contribution in [0.25, 0.3) is 0 Å². The molecule has 2 bridgehead atoms. The fourth-order valence-electron chi connectivity index (χ4n) is 10.3. The van der Waals surface area contributed by atoms with Crippen LogP contribution < -0.4 is 0 Å². The van der Waals surface area contributed by atoms with Crippen molar-refractivity contribution in [2.45, 2.75) is 173 Å². The number of rotatable bonds is 9. The van der Waals surface area contributed by atoms with Gasteiger partial charge in [0.15, 0.2) is 0 Å². The Bertz CT molecular complexity index is 1750. The molecule has 0 spiro atoms. The predicted octanol–water partition coefficient (Wildman–Crippen LogP) is 6.70. The number of carbonyl (C=O) groups excluding carboxylic acids is 4. The Morgan fingerprint density at radius 1 is 0.889 bits per heavy atom. The second-order valence-electron chi connectivity index (χ2n) is 18.9. The zero-order valence-corrected chi connectivity index (χ0v) is 39.2. The van der Waals surface area contributed by atoms with Gasteiger partial charge >= 0.3 is 5.97 Å². The van der Waals surface area contributed by atoms with Crippen molar-refractivity contribution in [1.82, 2.24) is 4.90 Å². The van der Waals surface area contributed by atoms with E-state index < -0.39 is 77.8 Å². The number of Topliss-reactive ketones (excluding diaryl/α,β-unsaturated/α-hetero) is 2. The second kappa shape index (κ2) is 23.2. The topological polar surface area (TPSA) is 167 Å². The molecule has 14 atom stereocenters. The van der Waals surface area contributed by atoms with Gasteiger partial charge < -0.3 is 43.5 Å². The highest BCUT2D eigenvalue weighted by Crippen LogP contribution is 2.39. The van der Waals surface area contributed by atoms with Gasteiger partial charge in [-0.25, -0.2) is 4.79 Å². The SMILES string of the molecule is CC[C@@H]1/C=C(\C)C[C@H](C)C[C@H](OC)[C@H]2O[C@@](O)(C(=O)C(=O)N3CCCC[C@H]3C(=O)O[C@H](/C(C)=C/[C@@H]3CC[C@@H](OCc4ccccc4)[C@H](OC)C3)[C@H](C)[C@@H](O)CC1=O)[C@H](C)C[C@@H]2OC. The van der Waals surface area contributed by atoms with Crippen molar-refractivity contribution in [3.8, 4) is 0 Å². The molecular formula is C50H75NO12. The highest BCUT2D eigenvalue weighted by molar-refractivity contribution is 6.39. The van der Waals surface area contributed by atoms with Gasteiger partial charge in [-0.05, 0) is 101 Å². The minimum absolute atomic E-state index is 0.0354. The van der Waals surface area contributed by atoms with Gasteiger partial charge in [0.25, 0.3) is 11.7 Å². The second-order valence-corrected chi connectivity index (χ2v) is 18.9. The highest BCUT2D eigenvalue weighted by atomic mass is 16.7. The first-order chi connectivity index (χ1) is 30.0. The van der Waals surface area contributed by atoms with Gasteiger partial charge in [0.05, 0.1) is 37.1 Å². The quantitative estimate of drug-likeness (QED) is 0.153. The van der Waals surface area contributed by atoms with Crippen LogP contribution >= 0.6 is 0 Å². The number of cyclic esters (lactones) is 1. The monoisotopic (exact) mass is 882 g/mol. The summed E-state index contributed by atoms with van der Waals surface area (Å²) in [5, 5.41) is 23.9. The largest absolute Gasteiger partial charge is 0.456 e. The van der Waals surface area contributed by atoms with E-state index in [1.807, 2.05) is 57.2 Å². The molecule has 0 radical (unpaired) electrons. The number of ketones is 2. The Balaban J connectivity index is 1.47. The average molecular weight is 882 g/mol. The lowest BCUT2D eigenvalue weighted by Gasteiger charge is -2.47. The van der Waals surface area contributed by atoms with Crippen LogP contribution in [-0.2, 0) is 54.2 Å². The summed E-state index contributed by atoms with van der Waals surface area (Å²) >= 11 is 0. The standard InChI is InChI=1S/C50H75NO12/c1-10-37-23-30(2)22-31(3)24-43(59-8)46-44(60-9)26-33(5)50(57,63-46)47(54)48(55)51-21-15-14-18-38(51)49(56)62-45(34(6)39(52)28-40(37)53)32(4)25-36-19-20-41(42(27-36)58-7)61-29-35-16-12-11-13-17-35/h11-13,16-17,23,25,31,33-34,36-39,41-46,52,57H,10,14-15,18-22,24,26-29H2,1-9H3/b30-23+,32-25+/t31-,33+,34+,36-,37+,38-,39-,41+,42+,43-,44-,45+,46+,50+/m0/s1. The van der Waals surface area contributed by atoms with Gasteiger partial charge in [-0.15, -0.1) is 0 Å². The minimum atomic E-state index is -2.50. The summed E-state index contributed by atoms with van der Waals surface area (Å²) in [5.74, 6) is -7.40. The molecule has 2 saturated heterocycles. The highest BCUT2D eigenvalue weighted by Gasteiger charge is 2.56. The number of aliphatic hydroxyl groups is 2. The van der Waals surface area contributed by atoms with Crippen molar-refractivity contribution in [2.24, 2.45) is 29.6 Å². The third-order valence-corrected chi connectivity index (χ3v) is 14.2. The number of piperidine rings is 1. The molecule has 3 aliphatic heterocycles. The van der Waals surface area contributed by atoms with Crippen LogP contribution in [0.2, 0.25) is 0 Å².